The fourth-order valence-corrected chi connectivity index (χ4v) is 3.36. The van der Waals surface area contributed by atoms with Crippen molar-refractivity contribution in [2.45, 2.75) is 58.5 Å². The first-order valence-electron chi connectivity index (χ1n) is 12.5. The number of terminal acetylenes is 1. The average molecular weight is 582 g/mol. The number of aliphatic imine (C=N–C) groups is 1. The summed E-state index contributed by atoms with van der Waals surface area (Å²) < 4.78 is 16.1. The molecule has 0 aromatic heterocycles. The van der Waals surface area contributed by atoms with Crippen LogP contribution in [0.2, 0.25) is 5.02 Å². The summed E-state index contributed by atoms with van der Waals surface area (Å²) in [6.45, 7) is 11.3. The number of benzene rings is 1. The standard InChI is InChI=1S/C21H29ClN2O2S.C5H10O2.C2H2.CH3NO/c1-23-12-6-4-3-5-7-19(14-24-2)27-16-26-21-11-10-18(13-20(21)22)25-15-17-8-9-17;1-5(2,3)7-4-6;1-2;2-1-3/h5,7,10-11,13-14,17,23H,2-4,6,8-9,12,15-16H2,1H3;4H,1-3H3;1-2H;1H,(H2,2,3)/b7-5+,19-14-;;;. The van der Waals surface area contributed by atoms with Gasteiger partial charge < -0.3 is 25.3 Å². The van der Waals surface area contributed by atoms with Crippen LogP contribution in [0, 0.1) is 18.8 Å². The summed E-state index contributed by atoms with van der Waals surface area (Å²) >= 11 is 7.87. The van der Waals surface area contributed by atoms with E-state index in [0.29, 0.717) is 23.2 Å². The van der Waals surface area contributed by atoms with Gasteiger partial charge in [0, 0.05) is 17.2 Å². The maximum atomic E-state index is 9.60. The van der Waals surface area contributed by atoms with Gasteiger partial charge in [-0.15, -0.1) is 12.8 Å². The summed E-state index contributed by atoms with van der Waals surface area (Å²) in [6, 6.07) is 5.58. The molecule has 1 aromatic rings. The van der Waals surface area contributed by atoms with E-state index in [1.54, 1.807) is 18.0 Å². The molecule has 1 aliphatic rings. The lowest BCUT2D eigenvalue weighted by molar-refractivity contribution is -0.138. The minimum absolute atomic E-state index is 0.250. The van der Waals surface area contributed by atoms with E-state index in [1.807, 2.05) is 46.0 Å². The molecule has 0 saturated heterocycles. The molecule has 218 valence electrons. The molecule has 39 heavy (non-hydrogen) atoms. The van der Waals surface area contributed by atoms with Crippen LogP contribution in [0.3, 0.4) is 0 Å². The topological polar surface area (TPSA) is 112 Å². The third-order valence-corrected chi connectivity index (χ3v) is 5.58. The van der Waals surface area contributed by atoms with Gasteiger partial charge in [0.25, 0.3) is 6.47 Å². The van der Waals surface area contributed by atoms with E-state index in [4.69, 9.17) is 25.9 Å². The number of carbonyl (C=O) groups excluding carboxylic acids is 2. The summed E-state index contributed by atoms with van der Waals surface area (Å²) in [5, 5.41) is 3.72. The van der Waals surface area contributed by atoms with E-state index in [2.05, 4.69) is 52.5 Å². The molecule has 1 saturated carbocycles. The number of amides is 1. The van der Waals surface area contributed by atoms with Crippen LogP contribution in [0.15, 0.2) is 46.4 Å². The molecule has 0 spiro atoms. The Morgan fingerprint density at radius 1 is 1.26 bits per heavy atom. The van der Waals surface area contributed by atoms with E-state index in [1.165, 1.54) is 19.3 Å². The van der Waals surface area contributed by atoms with Gasteiger partial charge in [-0.25, -0.2) is 0 Å². The van der Waals surface area contributed by atoms with Gasteiger partial charge in [0.1, 0.15) is 23.0 Å². The maximum Gasteiger partial charge on any atom is 0.293 e. The van der Waals surface area contributed by atoms with Gasteiger partial charge >= 0.3 is 0 Å². The quantitative estimate of drug-likeness (QED) is 0.0652. The van der Waals surface area contributed by atoms with E-state index in [-0.39, 0.29) is 12.0 Å². The highest BCUT2D eigenvalue weighted by atomic mass is 35.5. The Hall–Kier alpha value is -2.93. The molecular formula is C29H44ClN3O5S. The summed E-state index contributed by atoms with van der Waals surface area (Å²) in [7, 11) is 1.98. The van der Waals surface area contributed by atoms with Gasteiger partial charge in [0.05, 0.1) is 11.6 Å². The normalized spacial score (nSPS) is 12.3. The Bertz CT molecular complexity index is 881. The zero-order valence-electron chi connectivity index (χ0n) is 23.6. The van der Waals surface area contributed by atoms with Gasteiger partial charge in [-0.3, -0.25) is 14.6 Å². The van der Waals surface area contributed by atoms with E-state index in [0.717, 1.165) is 42.6 Å². The SMILES string of the molecule is C#C.C=N/C=C(/C=C/CCCCNC)SCOc1ccc(OCC2CC2)cc1Cl.CC(C)(C)OC=O.NC=O. The number of primary amides is 1. The Morgan fingerprint density at radius 2 is 1.92 bits per heavy atom. The van der Waals surface area contributed by atoms with Crippen molar-refractivity contribution in [2.24, 2.45) is 16.6 Å². The molecule has 1 fully saturated rings. The number of ether oxygens (including phenoxy) is 3. The lowest BCUT2D eigenvalue weighted by Crippen LogP contribution is -2.17. The Kier molecular flexibility index (Phi) is 24.8. The van der Waals surface area contributed by atoms with Gasteiger partial charge in [0.15, 0.2) is 0 Å². The second kappa shape index (κ2) is 25.4. The molecule has 8 nitrogen and oxygen atoms in total. The van der Waals surface area contributed by atoms with Crippen molar-refractivity contribution in [1.82, 2.24) is 5.32 Å². The molecule has 0 atom stereocenters. The average Bonchev–Trinajstić information content (AvgIpc) is 3.72. The molecule has 10 heteroatoms. The predicted octanol–water partition coefficient (Wildman–Crippen LogP) is 6.00. The minimum Gasteiger partial charge on any atom is -0.493 e. The van der Waals surface area contributed by atoms with Crippen molar-refractivity contribution < 1.29 is 23.8 Å². The van der Waals surface area contributed by atoms with E-state index in [9.17, 15) is 4.79 Å². The molecule has 0 bridgehead atoms. The number of hydrogen-bond donors (Lipinski definition) is 2. The van der Waals surface area contributed by atoms with Crippen LogP contribution in [0.25, 0.3) is 0 Å². The van der Waals surface area contributed by atoms with Gasteiger partial charge in [0.2, 0.25) is 6.41 Å². The number of nitrogens with two attached hydrogens (primary N) is 1. The number of rotatable bonds is 15. The first-order chi connectivity index (χ1) is 18.7. The number of nitrogens with zero attached hydrogens (tertiary/aromatic N) is 1. The van der Waals surface area contributed by atoms with Gasteiger partial charge in [-0.05, 0) is 91.2 Å². The summed E-state index contributed by atoms with van der Waals surface area (Å²) in [5.41, 5.74) is 3.85. The highest BCUT2D eigenvalue weighted by Gasteiger charge is 2.22. The third kappa shape index (κ3) is 25.1. The molecule has 1 aliphatic carbocycles. The Labute approximate surface area is 243 Å². The zero-order chi connectivity index (χ0) is 29.9. The van der Waals surface area contributed by atoms with Crippen molar-refractivity contribution in [1.29, 1.82) is 0 Å². The fourth-order valence-electron chi connectivity index (χ4n) is 2.47. The maximum absolute atomic E-state index is 9.60. The Morgan fingerprint density at radius 3 is 2.41 bits per heavy atom. The number of hydrogen-bond acceptors (Lipinski definition) is 8. The van der Waals surface area contributed by atoms with Crippen molar-refractivity contribution in [3.63, 3.8) is 0 Å². The van der Waals surface area contributed by atoms with Crippen LogP contribution in [0.5, 0.6) is 11.5 Å². The summed E-state index contributed by atoms with van der Waals surface area (Å²) in [4.78, 5) is 23.1. The minimum atomic E-state index is -0.318. The molecule has 0 radical (unpaired) electrons. The highest BCUT2D eigenvalue weighted by molar-refractivity contribution is 8.03. The van der Waals surface area contributed by atoms with Crippen LogP contribution in [-0.2, 0) is 14.3 Å². The second-order valence-corrected chi connectivity index (χ2v) is 10.3. The second-order valence-electron chi connectivity index (χ2n) is 8.93. The van der Waals surface area contributed by atoms with Crippen LogP contribution in [-0.4, -0.2) is 51.3 Å². The number of thioether (sulfide) groups is 1. The van der Waals surface area contributed by atoms with Crippen LogP contribution < -0.4 is 20.5 Å². The largest absolute Gasteiger partial charge is 0.493 e. The fraction of sp³-hybridized carbons (Fsp3) is 0.483. The molecule has 1 aromatic carbocycles. The lowest BCUT2D eigenvalue weighted by atomic mass is 10.2. The van der Waals surface area contributed by atoms with E-state index < -0.39 is 0 Å². The van der Waals surface area contributed by atoms with Gasteiger partial charge in [-0.1, -0.05) is 35.5 Å². The smallest absolute Gasteiger partial charge is 0.293 e. The first-order valence-corrected chi connectivity index (χ1v) is 13.8. The zero-order valence-corrected chi connectivity index (χ0v) is 25.1. The molecule has 0 heterocycles. The summed E-state index contributed by atoms with van der Waals surface area (Å²) in [6.07, 6.45) is 20.2. The molecule has 0 aliphatic heterocycles. The lowest BCUT2D eigenvalue weighted by Gasteiger charge is -2.14. The van der Waals surface area contributed by atoms with Crippen LogP contribution >= 0.6 is 23.4 Å². The van der Waals surface area contributed by atoms with Crippen molar-refractivity contribution >= 4 is 43.0 Å². The molecule has 3 N–H and O–H groups in total. The molecule has 2 rings (SSSR count). The number of nitrogens with one attached hydrogen (secondary N) is 1. The molecular weight excluding hydrogens is 538 g/mol. The highest BCUT2D eigenvalue weighted by Crippen LogP contribution is 2.33. The molecule has 0 unspecified atom stereocenters. The number of allylic oxidation sites excluding steroid dienone is 2. The predicted molar refractivity (Wildman–Crippen MR) is 164 cm³/mol. The van der Waals surface area contributed by atoms with Crippen molar-refractivity contribution in [3.8, 4) is 24.3 Å². The number of halogens is 1. The van der Waals surface area contributed by atoms with Gasteiger partial charge in [-0.2, -0.15) is 0 Å². The first kappa shape index (κ1) is 38.2. The van der Waals surface area contributed by atoms with Crippen LogP contribution in [0.4, 0.5) is 0 Å². The van der Waals surface area contributed by atoms with Crippen molar-refractivity contribution in [2.75, 3.05) is 26.1 Å². The Balaban J connectivity index is 0. The van der Waals surface area contributed by atoms with Crippen molar-refractivity contribution in [3.05, 3.63) is 46.5 Å². The monoisotopic (exact) mass is 581 g/mol. The number of unbranched alkanes of at least 4 members (excludes halogenated alkanes) is 2. The molecule has 1 amide bonds. The number of carbonyl (C=O) groups is 2. The van der Waals surface area contributed by atoms with Crippen LogP contribution in [0.1, 0.15) is 52.9 Å². The third-order valence-electron chi connectivity index (χ3n) is 4.48. The summed E-state index contributed by atoms with van der Waals surface area (Å²) in [5.74, 6) is 2.62. The van der Waals surface area contributed by atoms with E-state index >= 15 is 0 Å².